The minimum Gasteiger partial charge on any atom is -0.495 e. The lowest BCUT2D eigenvalue weighted by atomic mass is 10.2. The van der Waals surface area contributed by atoms with E-state index in [4.69, 9.17) is 10.5 Å². The number of unbranched alkanes of at least 4 members (excludes halogenated alkanes) is 2. The summed E-state index contributed by atoms with van der Waals surface area (Å²) in [6.45, 7) is 0.746. The van der Waals surface area contributed by atoms with Gasteiger partial charge in [-0.3, -0.25) is 0 Å². The van der Waals surface area contributed by atoms with Crippen molar-refractivity contribution in [3.05, 3.63) is 29.8 Å². The van der Waals surface area contributed by atoms with E-state index in [1.807, 2.05) is 24.3 Å². The van der Waals surface area contributed by atoms with Crippen LogP contribution in [0.3, 0.4) is 0 Å². The molecule has 0 fully saturated rings. The monoisotopic (exact) mass is 203 g/mol. The molecule has 0 aromatic heterocycles. The van der Waals surface area contributed by atoms with Gasteiger partial charge >= 0.3 is 0 Å². The third-order valence-corrected chi connectivity index (χ3v) is 2.09. The Labute approximate surface area is 91.4 Å². The summed E-state index contributed by atoms with van der Waals surface area (Å²) < 4.78 is 5.20. The number of hydrogen-bond donors (Lipinski definition) is 1. The molecule has 0 amide bonds. The maximum atomic E-state index is 5.40. The van der Waals surface area contributed by atoms with E-state index in [1.54, 1.807) is 7.11 Å². The van der Waals surface area contributed by atoms with Crippen molar-refractivity contribution < 1.29 is 4.74 Å². The van der Waals surface area contributed by atoms with E-state index in [-0.39, 0.29) is 0 Å². The summed E-state index contributed by atoms with van der Waals surface area (Å²) in [6, 6.07) is 7.80. The molecule has 0 heterocycles. The van der Waals surface area contributed by atoms with Crippen LogP contribution in [0, 0.1) is 11.8 Å². The van der Waals surface area contributed by atoms with E-state index in [0.717, 1.165) is 37.1 Å². The zero-order chi connectivity index (χ0) is 10.9. The first-order valence-electron chi connectivity index (χ1n) is 5.20. The molecule has 80 valence electrons. The van der Waals surface area contributed by atoms with E-state index in [9.17, 15) is 0 Å². The average Bonchev–Trinajstić information content (AvgIpc) is 2.29. The maximum Gasteiger partial charge on any atom is 0.134 e. The zero-order valence-corrected chi connectivity index (χ0v) is 9.12. The van der Waals surface area contributed by atoms with Crippen LogP contribution in [-0.2, 0) is 0 Å². The van der Waals surface area contributed by atoms with Crippen LogP contribution in [0.5, 0.6) is 5.75 Å². The zero-order valence-electron chi connectivity index (χ0n) is 9.12. The van der Waals surface area contributed by atoms with Gasteiger partial charge in [-0.25, -0.2) is 0 Å². The predicted molar refractivity (Wildman–Crippen MR) is 62.8 cm³/mol. The second-order valence-electron chi connectivity index (χ2n) is 3.25. The first-order chi connectivity index (χ1) is 7.38. The molecule has 0 unspecified atom stereocenters. The van der Waals surface area contributed by atoms with E-state index in [0.29, 0.717) is 0 Å². The third-order valence-electron chi connectivity index (χ3n) is 2.09. The van der Waals surface area contributed by atoms with Crippen molar-refractivity contribution in [3.63, 3.8) is 0 Å². The lowest BCUT2D eigenvalue weighted by Gasteiger charge is -2.00. The van der Waals surface area contributed by atoms with Gasteiger partial charge in [0.15, 0.2) is 0 Å². The number of rotatable bonds is 4. The molecular formula is C13H17NO. The number of methoxy groups -OCH3 is 1. The standard InChI is InChI=1S/C13H17NO/c1-15-13-10-6-5-9-12(13)8-4-2-3-7-11-14/h5-6,9-10H,2-3,7,11,14H2,1H3. The topological polar surface area (TPSA) is 35.2 Å². The fourth-order valence-electron chi connectivity index (χ4n) is 1.26. The molecule has 1 aromatic carbocycles. The largest absolute Gasteiger partial charge is 0.495 e. The van der Waals surface area contributed by atoms with Crippen LogP contribution in [0.25, 0.3) is 0 Å². The number of para-hydroxylation sites is 1. The molecule has 0 aliphatic carbocycles. The van der Waals surface area contributed by atoms with Gasteiger partial charge in [-0.15, -0.1) is 0 Å². The molecule has 0 aliphatic rings. The lowest BCUT2D eigenvalue weighted by molar-refractivity contribution is 0.413. The summed E-state index contributed by atoms with van der Waals surface area (Å²) in [4.78, 5) is 0. The van der Waals surface area contributed by atoms with Crippen LogP contribution >= 0.6 is 0 Å². The number of nitrogens with two attached hydrogens (primary N) is 1. The SMILES string of the molecule is COc1ccccc1C#CCCCCN. The van der Waals surface area contributed by atoms with Gasteiger partial charge in [0.25, 0.3) is 0 Å². The highest BCUT2D eigenvalue weighted by Gasteiger charge is 1.95. The van der Waals surface area contributed by atoms with Gasteiger partial charge in [0.2, 0.25) is 0 Å². The Bertz CT molecular complexity index is 349. The van der Waals surface area contributed by atoms with Crippen LogP contribution in [-0.4, -0.2) is 13.7 Å². The summed E-state index contributed by atoms with van der Waals surface area (Å²) in [6.07, 6.45) is 3.01. The van der Waals surface area contributed by atoms with Gasteiger partial charge < -0.3 is 10.5 Å². The lowest BCUT2D eigenvalue weighted by Crippen LogP contribution is -1.96. The van der Waals surface area contributed by atoms with Crippen molar-refractivity contribution >= 4 is 0 Å². The Kier molecular flexibility index (Phi) is 5.35. The van der Waals surface area contributed by atoms with Gasteiger partial charge in [-0.1, -0.05) is 24.0 Å². The fourth-order valence-corrected chi connectivity index (χ4v) is 1.26. The molecule has 0 bridgehead atoms. The molecule has 2 nitrogen and oxygen atoms in total. The van der Waals surface area contributed by atoms with Crippen LogP contribution in [0.1, 0.15) is 24.8 Å². The van der Waals surface area contributed by atoms with Crippen LogP contribution in [0.15, 0.2) is 24.3 Å². The Morgan fingerprint density at radius 1 is 1.27 bits per heavy atom. The highest BCUT2D eigenvalue weighted by Crippen LogP contribution is 2.15. The van der Waals surface area contributed by atoms with Crippen molar-refractivity contribution in [2.45, 2.75) is 19.3 Å². The molecule has 0 aliphatic heterocycles. The molecule has 2 N–H and O–H groups in total. The molecule has 0 spiro atoms. The Hall–Kier alpha value is -1.46. The van der Waals surface area contributed by atoms with E-state index >= 15 is 0 Å². The van der Waals surface area contributed by atoms with Gasteiger partial charge in [0.05, 0.1) is 12.7 Å². The van der Waals surface area contributed by atoms with E-state index in [2.05, 4.69) is 11.8 Å². The summed E-state index contributed by atoms with van der Waals surface area (Å²) in [5, 5.41) is 0. The Balaban J connectivity index is 2.55. The highest BCUT2D eigenvalue weighted by molar-refractivity contribution is 5.45. The summed E-state index contributed by atoms with van der Waals surface area (Å²) in [5.74, 6) is 7.07. The molecule has 0 atom stereocenters. The number of hydrogen-bond acceptors (Lipinski definition) is 2. The third kappa shape index (κ3) is 4.05. The highest BCUT2D eigenvalue weighted by atomic mass is 16.5. The predicted octanol–water partition coefficient (Wildman–Crippen LogP) is 2.18. The maximum absolute atomic E-state index is 5.40. The van der Waals surface area contributed by atoms with Crippen molar-refractivity contribution in [3.8, 4) is 17.6 Å². The second kappa shape index (κ2) is 6.92. The van der Waals surface area contributed by atoms with Crippen LogP contribution in [0.2, 0.25) is 0 Å². The normalized spacial score (nSPS) is 9.20. The summed E-state index contributed by atoms with van der Waals surface area (Å²) in [5.41, 5.74) is 6.35. The van der Waals surface area contributed by atoms with Crippen LogP contribution in [0.4, 0.5) is 0 Å². The van der Waals surface area contributed by atoms with Crippen molar-refractivity contribution in [2.24, 2.45) is 5.73 Å². The molecule has 0 saturated heterocycles. The first kappa shape index (κ1) is 11.6. The summed E-state index contributed by atoms with van der Waals surface area (Å²) >= 11 is 0. The average molecular weight is 203 g/mol. The molecular weight excluding hydrogens is 186 g/mol. The first-order valence-corrected chi connectivity index (χ1v) is 5.20. The van der Waals surface area contributed by atoms with Crippen molar-refractivity contribution in [1.29, 1.82) is 0 Å². The number of ether oxygens (including phenoxy) is 1. The van der Waals surface area contributed by atoms with Gasteiger partial charge in [0.1, 0.15) is 5.75 Å². The quantitative estimate of drug-likeness (QED) is 0.601. The van der Waals surface area contributed by atoms with Gasteiger partial charge in [-0.2, -0.15) is 0 Å². The molecule has 15 heavy (non-hydrogen) atoms. The van der Waals surface area contributed by atoms with Crippen molar-refractivity contribution in [2.75, 3.05) is 13.7 Å². The Morgan fingerprint density at radius 3 is 2.80 bits per heavy atom. The van der Waals surface area contributed by atoms with Gasteiger partial charge in [0, 0.05) is 6.42 Å². The molecule has 2 heteroatoms. The fraction of sp³-hybridized carbons (Fsp3) is 0.385. The number of benzene rings is 1. The van der Waals surface area contributed by atoms with Gasteiger partial charge in [-0.05, 0) is 31.5 Å². The van der Waals surface area contributed by atoms with Crippen molar-refractivity contribution in [1.82, 2.24) is 0 Å². The Morgan fingerprint density at radius 2 is 2.07 bits per heavy atom. The minimum absolute atomic E-state index is 0.746. The molecule has 1 aromatic rings. The molecule has 0 radical (unpaired) electrons. The summed E-state index contributed by atoms with van der Waals surface area (Å²) in [7, 11) is 1.66. The molecule has 0 saturated carbocycles. The van der Waals surface area contributed by atoms with Crippen LogP contribution < -0.4 is 10.5 Å². The minimum atomic E-state index is 0.746. The van der Waals surface area contributed by atoms with E-state index in [1.165, 1.54) is 0 Å². The second-order valence-corrected chi connectivity index (χ2v) is 3.25. The van der Waals surface area contributed by atoms with E-state index < -0.39 is 0 Å². The molecule has 1 rings (SSSR count). The smallest absolute Gasteiger partial charge is 0.134 e.